The molecule has 0 unspecified atom stereocenters. The second-order valence-corrected chi connectivity index (χ2v) is 5.66. The van der Waals surface area contributed by atoms with Gasteiger partial charge in [0.05, 0.1) is 12.0 Å². The number of imidazole rings is 1. The molecule has 2 rings (SSSR count). The molecule has 98 valence electrons. The van der Waals surface area contributed by atoms with E-state index in [1.807, 2.05) is 23.9 Å². The number of nitrogens with one attached hydrogen (secondary N) is 1. The Balaban J connectivity index is 1.82. The van der Waals surface area contributed by atoms with Gasteiger partial charge in [0.2, 0.25) is 0 Å². The molecule has 0 aliphatic carbocycles. The predicted octanol–water partition coefficient (Wildman–Crippen LogP) is 3.21. The first kappa shape index (κ1) is 13.3. The lowest BCUT2D eigenvalue weighted by molar-refractivity contribution is 0.603. The number of aryl methyl sites for hydroxylation is 2. The second kappa shape index (κ2) is 6.71. The second-order valence-electron chi connectivity index (χ2n) is 4.40. The standard InChI is InChI=1S/C14H21N3S/c1-3-7-17-11-16-9-12(17)8-15-10-14-6-5-13(4-2)18-14/h5-6,9,11,15H,3-4,7-8,10H2,1-2H3. The number of hydrogen-bond donors (Lipinski definition) is 1. The van der Waals surface area contributed by atoms with E-state index in [1.54, 1.807) is 0 Å². The summed E-state index contributed by atoms with van der Waals surface area (Å²) in [6.45, 7) is 7.28. The quantitative estimate of drug-likeness (QED) is 0.831. The lowest BCUT2D eigenvalue weighted by Gasteiger charge is -2.07. The molecular weight excluding hydrogens is 242 g/mol. The number of aromatic nitrogens is 2. The minimum atomic E-state index is 0.888. The van der Waals surface area contributed by atoms with E-state index in [-0.39, 0.29) is 0 Å². The van der Waals surface area contributed by atoms with Crippen molar-refractivity contribution in [3.05, 3.63) is 40.1 Å². The summed E-state index contributed by atoms with van der Waals surface area (Å²) in [5.74, 6) is 0. The maximum Gasteiger partial charge on any atom is 0.0948 e. The summed E-state index contributed by atoms with van der Waals surface area (Å²) in [5, 5.41) is 3.49. The van der Waals surface area contributed by atoms with Crippen LogP contribution in [0.1, 0.15) is 35.7 Å². The van der Waals surface area contributed by atoms with E-state index in [4.69, 9.17) is 0 Å². The van der Waals surface area contributed by atoms with Crippen molar-refractivity contribution in [2.75, 3.05) is 0 Å². The van der Waals surface area contributed by atoms with Crippen molar-refractivity contribution in [3.63, 3.8) is 0 Å². The Labute approximate surface area is 113 Å². The molecule has 2 heterocycles. The van der Waals surface area contributed by atoms with Gasteiger partial charge in [-0.05, 0) is 25.0 Å². The molecule has 2 aromatic heterocycles. The fourth-order valence-electron chi connectivity index (χ4n) is 1.96. The van der Waals surface area contributed by atoms with Crippen molar-refractivity contribution in [3.8, 4) is 0 Å². The van der Waals surface area contributed by atoms with Crippen LogP contribution >= 0.6 is 11.3 Å². The number of hydrogen-bond acceptors (Lipinski definition) is 3. The molecule has 18 heavy (non-hydrogen) atoms. The minimum absolute atomic E-state index is 0.888. The van der Waals surface area contributed by atoms with Gasteiger partial charge in [-0.15, -0.1) is 11.3 Å². The van der Waals surface area contributed by atoms with Gasteiger partial charge >= 0.3 is 0 Å². The highest BCUT2D eigenvalue weighted by Gasteiger charge is 2.02. The Morgan fingerprint density at radius 3 is 2.78 bits per heavy atom. The van der Waals surface area contributed by atoms with Crippen molar-refractivity contribution in [1.29, 1.82) is 0 Å². The highest BCUT2D eigenvalue weighted by atomic mass is 32.1. The zero-order valence-corrected chi connectivity index (χ0v) is 12.0. The van der Waals surface area contributed by atoms with Gasteiger partial charge in [-0.25, -0.2) is 4.98 Å². The van der Waals surface area contributed by atoms with E-state index in [0.29, 0.717) is 0 Å². The Hall–Kier alpha value is -1.13. The van der Waals surface area contributed by atoms with Gasteiger partial charge in [0.25, 0.3) is 0 Å². The molecule has 0 radical (unpaired) electrons. The Morgan fingerprint density at radius 1 is 1.22 bits per heavy atom. The number of nitrogens with zero attached hydrogens (tertiary/aromatic N) is 2. The van der Waals surface area contributed by atoms with Crippen molar-refractivity contribution in [2.24, 2.45) is 0 Å². The van der Waals surface area contributed by atoms with Crippen LogP contribution in [0.25, 0.3) is 0 Å². The molecule has 0 aliphatic heterocycles. The average molecular weight is 263 g/mol. The predicted molar refractivity (Wildman–Crippen MR) is 76.8 cm³/mol. The summed E-state index contributed by atoms with van der Waals surface area (Å²) in [6, 6.07) is 4.45. The molecule has 0 saturated carbocycles. The zero-order chi connectivity index (χ0) is 12.8. The molecule has 1 N–H and O–H groups in total. The Bertz CT molecular complexity index is 473. The van der Waals surface area contributed by atoms with Crippen molar-refractivity contribution in [2.45, 2.75) is 46.3 Å². The molecule has 0 aliphatic rings. The van der Waals surface area contributed by atoms with E-state index < -0.39 is 0 Å². The molecule has 2 aromatic rings. The summed E-state index contributed by atoms with van der Waals surface area (Å²) < 4.78 is 2.22. The van der Waals surface area contributed by atoms with E-state index in [9.17, 15) is 0 Å². The van der Waals surface area contributed by atoms with Crippen LogP contribution in [-0.4, -0.2) is 9.55 Å². The van der Waals surface area contributed by atoms with E-state index in [0.717, 1.165) is 32.5 Å². The molecule has 0 aromatic carbocycles. The first-order chi connectivity index (χ1) is 8.83. The van der Waals surface area contributed by atoms with Gasteiger partial charge in [-0.1, -0.05) is 13.8 Å². The third-order valence-corrected chi connectivity index (χ3v) is 4.16. The molecule has 0 spiro atoms. The van der Waals surface area contributed by atoms with Crippen LogP contribution in [0.3, 0.4) is 0 Å². The molecule has 0 saturated heterocycles. The van der Waals surface area contributed by atoms with Crippen LogP contribution in [0.2, 0.25) is 0 Å². The van der Waals surface area contributed by atoms with Crippen LogP contribution in [0.5, 0.6) is 0 Å². The third kappa shape index (κ3) is 3.43. The van der Waals surface area contributed by atoms with Crippen LogP contribution in [0, 0.1) is 0 Å². The first-order valence-corrected chi connectivity index (χ1v) is 7.42. The molecule has 0 bridgehead atoms. The van der Waals surface area contributed by atoms with Crippen LogP contribution in [-0.2, 0) is 26.1 Å². The summed E-state index contributed by atoms with van der Waals surface area (Å²) in [4.78, 5) is 7.08. The van der Waals surface area contributed by atoms with Gasteiger partial charge in [0.1, 0.15) is 0 Å². The minimum Gasteiger partial charge on any atom is -0.333 e. The lowest BCUT2D eigenvalue weighted by Crippen LogP contribution is -2.15. The maximum atomic E-state index is 4.21. The molecule has 0 fully saturated rings. The van der Waals surface area contributed by atoms with Gasteiger partial charge in [-0.3, -0.25) is 0 Å². The van der Waals surface area contributed by atoms with Crippen LogP contribution in [0.4, 0.5) is 0 Å². The van der Waals surface area contributed by atoms with Gasteiger partial charge in [0, 0.05) is 35.6 Å². The third-order valence-electron chi connectivity index (χ3n) is 2.93. The van der Waals surface area contributed by atoms with Crippen LogP contribution < -0.4 is 5.32 Å². The lowest BCUT2D eigenvalue weighted by atomic mass is 10.3. The topological polar surface area (TPSA) is 29.9 Å². The Kier molecular flexibility index (Phi) is 4.96. The smallest absolute Gasteiger partial charge is 0.0948 e. The first-order valence-electron chi connectivity index (χ1n) is 6.60. The highest BCUT2D eigenvalue weighted by molar-refractivity contribution is 7.11. The fraction of sp³-hybridized carbons (Fsp3) is 0.500. The summed E-state index contributed by atoms with van der Waals surface area (Å²) in [7, 11) is 0. The highest BCUT2D eigenvalue weighted by Crippen LogP contribution is 2.16. The summed E-state index contributed by atoms with van der Waals surface area (Å²) in [6.07, 6.45) is 6.15. The zero-order valence-electron chi connectivity index (χ0n) is 11.1. The molecule has 4 heteroatoms. The van der Waals surface area contributed by atoms with E-state index >= 15 is 0 Å². The molecule has 3 nitrogen and oxygen atoms in total. The van der Waals surface area contributed by atoms with Crippen LogP contribution in [0.15, 0.2) is 24.7 Å². The van der Waals surface area contributed by atoms with Crippen molar-refractivity contribution < 1.29 is 0 Å². The average Bonchev–Trinajstić information content (AvgIpc) is 3.00. The SMILES string of the molecule is CCCn1cncc1CNCc1ccc(CC)s1. The van der Waals surface area contributed by atoms with Gasteiger partial charge in [0.15, 0.2) is 0 Å². The number of rotatable bonds is 7. The summed E-state index contributed by atoms with van der Waals surface area (Å²) in [5.41, 5.74) is 1.27. The normalized spacial score (nSPS) is 11.0. The molecule has 0 atom stereocenters. The van der Waals surface area contributed by atoms with E-state index in [2.05, 4.69) is 40.8 Å². The molecular formula is C14H21N3S. The van der Waals surface area contributed by atoms with Crippen molar-refractivity contribution in [1.82, 2.24) is 14.9 Å². The van der Waals surface area contributed by atoms with Crippen molar-refractivity contribution >= 4 is 11.3 Å². The monoisotopic (exact) mass is 263 g/mol. The largest absolute Gasteiger partial charge is 0.333 e. The van der Waals surface area contributed by atoms with Gasteiger partial charge in [-0.2, -0.15) is 0 Å². The summed E-state index contributed by atoms with van der Waals surface area (Å²) >= 11 is 1.90. The fourth-order valence-corrected chi connectivity index (χ4v) is 2.89. The molecule has 0 amide bonds. The number of thiophene rings is 1. The van der Waals surface area contributed by atoms with E-state index in [1.165, 1.54) is 15.4 Å². The Morgan fingerprint density at radius 2 is 2.06 bits per heavy atom. The van der Waals surface area contributed by atoms with Gasteiger partial charge < -0.3 is 9.88 Å². The maximum absolute atomic E-state index is 4.21.